The molecule has 1 aromatic carbocycles. The van der Waals surface area contributed by atoms with Crippen molar-refractivity contribution in [2.45, 2.75) is 38.6 Å². The third kappa shape index (κ3) is 3.24. The van der Waals surface area contributed by atoms with Crippen molar-refractivity contribution in [1.29, 1.82) is 0 Å². The molecule has 7 nitrogen and oxygen atoms in total. The molecular formula is C20H22ClN5O2. The molecule has 28 heavy (non-hydrogen) atoms. The van der Waals surface area contributed by atoms with Crippen LogP contribution in [-0.4, -0.2) is 45.1 Å². The summed E-state index contributed by atoms with van der Waals surface area (Å²) in [6.07, 6.45) is 4.91. The first kappa shape index (κ1) is 17.6. The summed E-state index contributed by atoms with van der Waals surface area (Å²) < 4.78 is 5.71. The average Bonchev–Trinajstić information content (AvgIpc) is 3.10. The zero-order valence-corrected chi connectivity index (χ0v) is 16.4. The van der Waals surface area contributed by atoms with E-state index < -0.39 is 6.04 Å². The number of nitrogens with one attached hydrogen (secondary N) is 2. The van der Waals surface area contributed by atoms with Crippen LogP contribution in [0.25, 0.3) is 22.5 Å². The zero-order chi connectivity index (χ0) is 19.3. The predicted octanol–water partition coefficient (Wildman–Crippen LogP) is 4.07. The molecule has 1 amide bonds. The minimum atomic E-state index is -0.414. The van der Waals surface area contributed by atoms with Crippen molar-refractivity contribution in [2.75, 3.05) is 18.4 Å². The van der Waals surface area contributed by atoms with Gasteiger partial charge in [0, 0.05) is 29.0 Å². The smallest absolute Gasteiger partial charge is 0.316 e. The minimum Gasteiger partial charge on any atom is -0.402 e. The number of anilines is 1. The van der Waals surface area contributed by atoms with E-state index in [0.29, 0.717) is 22.0 Å². The quantitative estimate of drug-likeness (QED) is 0.690. The Bertz CT molecular complexity index is 1030. The Labute approximate surface area is 167 Å². The van der Waals surface area contributed by atoms with Crippen LogP contribution in [-0.2, 0) is 4.79 Å². The van der Waals surface area contributed by atoms with Crippen molar-refractivity contribution < 1.29 is 9.21 Å². The lowest BCUT2D eigenvalue weighted by atomic mass is 9.93. The monoisotopic (exact) mass is 399 g/mol. The molecule has 1 saturated carbocycles. The Hall–Kier alpha value is -2.54. The molecule has 146 valence electrons. The van der Waals surface area contributed by atoms with Gasteiger partial charge >= 0.3 is 6.01 Å². The molecule has 0 radical (unpaired) electrons. The Morgan fingerprint density at radius 1 is 1.25 bits per heavy atom. The summed E-state index contributed by atoms with van der Waals surface area (Å²) >= 11 is 6.04. The summed E-state index contributed by atoms with van der Waals surface area (Å²) in [5.41, 5.74) is 2.20. The van der Waals surface area contributed by atoms with Gasteiger partial charge in [-0.1, -0.05) is 16.7 Å². The van der Waals surface area contributed by atoms with E-state index in [1.54, 1.807) is 0 Å². The van der Waals surface area contributed by atoms with E-state index in [4.69, 9.17) is 16.0 Å². The van der Waals surface area contributed by atoms with Gasteiger partial charge in [-0.05, 0) is 62.3 Å². The number of nitrogens with zero attached hydrogens (tertiary/aromatic N) is 3. The maximum absolute atomic E-state index is 12.7. The summed E-state index contributed by atoms with van der Waals surface area (Å²) in [5, 5.41) is 12.8. The molecule has 1 spiro atoms. The minimum absolute atomic E-state index is 0.0792. The van der Waals surface area contributed by atoms with Gasteiger partial charge in [-0.25, -0.2) is 0 Å². The number of hydrogen-bond donors (Lipinski definition) is 2. The Balaban J connectivity index is 1.25. The largest absolute Gasteiger partial charge is 0.402 e. The Morgan fingerprint density at radius 2 is 2.04 bits per heavy atom. The number of halogens is 1. The first-order valence-electron chi connectivity index (χ1n) is 9.69. The van der Waals surface area contributed by atoms with Gasteiger partial charge < -0.3 is 19.6 Å². The number of amides is 1. The number of aromatic amines is 1. The molecule has 3 heterocycles. The Kier molecular flexibility index (Phi) is 4.08. The van der Waals surface area contributed by atoms with Crippen LogP contribution in [0.5, 0.6) is 0 Å². The standard InChI is InChI=1S/C20H22ClN5O2/c1-12(18(27)26-8-6-20(4-5-20)7-9-26)22-19-25-24-17(28-19)16-11-13-10-14(21)2-3-15(13)23-16/h2-3,10-12,23H,4-9H2,1H3,(H,22,25)/t12-/m1/s1. The highest BCUT2D eigenvalue weighted by Gasteiger charge is 2.45. The highest BCUT2D eigenvalue weighted by molar-refractivity contribution is 6.31. The molecule has 2 aliphatic rings. The third-order valence-electron chi connectivity index (χ3n) is 6.04. The van der Waals surface area contributed by atoms with Crippen molar-refractivity contribution in [3.05, 3.63) is 29.3 Å². The normalized spacial score (nSPS) is 19.1. The second-order valence-corrected chi connectivity index (χ2v) is 8.45. The predicted molar refractivity (Wildman–Crippen MR) is 107 cm³/mol. The van der Waals surface area contributed by atoms with Crippen LogP contribution in [0.2, 0.25) is 5.02 Å². The van der Waals surface area contributed by atoms with E-state index in [2.05, 4.69) is 20.5 Å². The van der Waals surface area contributed by atoms with Crippen LogP contribution in [0.1, 0.15) is 32.6 Å². The fourth-order valence-corrected chi connectivity index (χ4v) is 4.19. The molecule has 0 unspecified atom stereocenters. The van der Waals surface area contributed by atoms with Gasteiger partial charge in [0.25, 0.3) is 5.89 Å². The molecule has 1 aliphatic heterocycles. The lowest BCUT2D eigenvalue weighted by Crippen LogP contribution is -2.45. The van der Waals surface area contributed by atoms with Gasteiger partial charge in [0.2, 0.25) is 5.91 Å². The van der Waals surface area contributed by atoms with Crippen LogP contribution in [0.15, 0.2) is 28.7 Å². The summed E-state index contributed by atoms with van der Waals surface area (Å²) in [4.78, 5) is 17.9. The summed E-state index contributed by atoms with van der Waals surface area (Å²) in [5.74, 6) is 0.443. The van der Waals surface area contributed by atoms with Crippen molar-refractivity contribution >= 4 is 34.4 Å². The van der Waals surface area contributed by atoms with E-state index in [1.807, 2.05) is 36.1 Å². The first-order chi connectivity index (χ1) is 13.5. The van der Waals surface area contributed by atoms with Gasteiger partial charge in [0.1, 0.15) is 11.7 Å². The number of fused-ring (bicyclic) bond motifs is 1. The second-order valence-electron chi connectivity index (χ2n) is 8.02. The SMILES string of the molecule is C[C@@H](Nc1nnc(-c2cc3cc(Cl)ccc3[nH]2)o1)C(=O)N1CCC2(CC1)CC2. The van der Waals surface area contributed by atoms with Crippen molar-refractivity contribution in [3.63, 3.8) is 0 Å². The van der Waals surface area contributed by atoms with Crippen LogP contribution in [0, 0.1) is 5.41 Å². The number of benzene rings is 1. The molecule has 0 bridgehead atoms. The fourth-order valence-electron chi connectivity index (χ4n) is 4.01. The number of H-pyrrole nitrogens is 1. The molecule has 2 fully saturated rings. The highest BCUT2D eigenvalue weighted by Crippen LogP contribution is 2.53. The Morgan fingerprint density at radius 3 is 2.79 bits per heavy atom. The number of hydrogen-bond acceptors (Lipinski definition) is 5. The van der Waals surface area contributed by atoms with Gasteiger partial charge in [-0.15, -0.1) is 5.10 Å². The average molecular weight is 400 g/mol. The molecule has 1 atom stereocenters. The number of likely N-dealkylation sites (tertiary alicyclic amines) is 1. The molecule has 2 N–H and O–H groups in total. The van der Waals surface area contributed by atoms with Gasteiger partial charge in [0.05, 0.1) is 0 Å². The van der Waals surface area contributed by atoms with Gasteiger partial charge in [-0.2, -0.15) is 0 Å². The van der Waals surface area contributed by atoms with Crippen molar-refractivity contribution in [2.24, 2.45) is 5.41 Å². The fraction of sp³-hybridized carbons (Fsp3) is 0.450. The zero-order valence-electron chi connectivity index (χ0n) is 15.7. The van der Waals surface area contributed by atoms with E-state index in [1.165, 1.54) is 12.8 Å². The van der Waals surface area contributed by atoms with Gasteiger partial charge in [0.15, 0.2) is 0 Å². The molecule has 3 aromatic rings. The van der Waals surface area contributed by atoms with Crippen LogP contribution in [0.4, 0.5) is 6.01 Å². The van der Waals surface area contributed by atoms with E-state index >= 15 is 0 Å². The second kappa shape index (κ2) is 6.51. The molecule has 8 heteroatoms. The number of piperidine rings is 1. The van der Waals surface area contributed by atoms with Crippen LogP contribution < -0.4 is 5.32 Å². The molecular weight excluding hydrogens is 378 g/mol. The van der Waals surface area contributed by atoms with Crippen LogP contribution >= 0.6 is 11.6 Å². The molecule has 2 aromatic heterocycles. The number of carbonyl (C=O) groups is 1. The maximum Gasteiger partial charge on any atom is 0.316 e. The number of aromatic nitrogens is 3. The molecule has 5 rings (SSSR count). The van der Waals surface area contributed by atoms with Crippen molar-refractivity contribution in [3.8, 4) is 11.6 Å². The van der Waals surface area contributed by atoms with Crippen molar-refractivity contribution in [1.82, 2.24) is 20.1 Å². The lowest BCUT2D eigenvalue weighted by Gasteiger charge is -2.33. The topological polar surface area (TPSA) is 87.0 Å². The summed E-state index contributed by atoms with van der Waals surface area (Å²) in [6.45, 7) is 3.52. The third-order valence-corrected chi connectivity index (χ3v) is 6.28. The van der Waals surface area contributed by atoms with E-state index in [9.17, 15) is 4.79 Å². The first-order valence-corrected chi connectivity index (χ1v) is 10.1. The molecule has 1 saturated heterocycles. The van der Waals surface area contributed by atoms with Gasteiger partial charge in [-0.3, -0.25) is 4.79 Å². The number of carbonyl (C=O) groups excluding carboxylic acids is 1. The summed E-state index contributed by atoms with van der Waals surface area (Å²) in [6, 6.07) is 7.34. The molecule has 1 aliphatic carbocycles. The van der Waals surface area contributed by atoms with Crippen LogP contribution in [0.3, 0.4) is 0 Å². The lowest BCUT2D eigenvalue weighted by molar-refractivity contribution is -0.133. The van der Waals surface area contributed by atoms with E-state index in [-0.39, 0.29) is 11.9 Å². The highest BCUT2D eigenvalue weighted by atomic mass is 35.5. The maximum atomic E-state index is 12.7. The number of rotatable bonds is 4. The van der Waals surface area contributed by atoms with E-state index in [0.717, 1.165) is 36.8 Å². The summed E-state index contributed by atoms with van der Waals surface area (Å²) in [7, 11) is 0.